The Morgan fingerprint density at radius 3 is 2.83 bits per heavy atom. The van der Waals surface area contributed by atoms with E-state index in [1.165, 1.54) is 0 Å². The lowest BCUT2D eigenvalue weighted by Gasteiger charge is -2.11. The maximum Gasteiger partial charge on any atom is 0.253 e. The molecule has 3 aromatic heterocycles. The first-order chi connectivity index (χ1) is 14.4. The molecular formula is C23H30N4O2S. The molecule has 3 aromatic rings. The summed E-state index contributed by atoms with van der Waals surface area (Å²) in [6.07, 6.45) is 2.72. The van der Waals surface area contributed by atoms with Crippen molar-refractivity contribution in [3.63, 3.8) is 0 Å². The molecule has 1 N–H and O–H groups in total. The van der Waals surface area contributed by atoms with Gasteiger partial charge in [-0.3, -0.25) is 9.78 Å². The Bertz CT molecular complexity index is 1010. The summed E-state index contributed by atoms with van der Waals surface area (Å²) in [4.78, 5) is 22.0. The van der Waals surface area contributed by atoms with E-state index >= 15 is 0 Å². The summed E-state index contributed by atoms with van der Waals surface area (Å²) < 4.78 is 7.42. The fourth-order valence-electron chi connectivity index (χ4n) is 3.28. The third-order valence-corrected chi connectivity index (χ3v) is 5.88. The lowest BCUT2D eigenvalue weighted by atomic mass is 10.2. The lowest BCUT2D eigenvalue weighted by molar-refractivity contribution is 0.0948. The number of amides is 1. The molecule has 0 spiro atoms. The van der Waals surface area contributed by atoms with Gasteiger partial charge in [0.05, 0.1) is 23.6 Å². The second-order valence-corrected chi connectivity index (χ2v) is 8.56. The van der Waals surface area contributed by atoms with Crippen molar-refractivity contribution in [3.8, 4) is 22.0 Å². The minimum Gasteiger partial charge on any atom is -0.383 e. The predicted molar refractivity (Wildman–Crippen MR) is 122 cm³/mol. The number of ether oxygens (including phenoxy) is 1. The SMILES string of the molecule is CCc1cc(-c2nc(-c3cc(C(=O)NCC(C)C)c(C)n3CCOC)cs2)ccn1. The average Bonchev–Trinajstić information content (AvgIpc) is 3.35. The summed E-state index contributed by atoms with van der Waals surface area (Å²) in [5, 5.41) is 6.02. The van der Waals surface area contributed by atoms with Gasteiger partial charge in [0.1, 0.15) is 5.01 Å². The molecular weight excluding hydrogens is 396 g/mol. The fourth-order valence-corrected chi connectivity index (χ4v) is 4.09. The van der Waals surface area contributed by atoms with Crippen LogP contribution in [0.25, 0.3) is 22.0 Å². The van der Waals surface area contributed by atoms with Crippen molar-refractivity contribution in [2.24, 2.45) is 5.92 Å². The van der Waals surface area contributed by atoms with Crippen LogP contribution in [0.1, 0.15) is 42.5 Å². The zero-order valence-electron chi connectivity index (χ0n) is 18.4. The van der Waals surface area contributed by atoms with Crippen LogP contribution in [-0.4, -0.2) is 40.7 Å². The number of carbonyl (C=O) groups is 1. The number of carbonyl (C=O) groups excluding carboxylic acids is 1. The Hall–Kier alpha value is -2.51. The number of hydrogen-bond acceptors (Lipinski definition) is 5. The van der Waals surface area contributed by atoms with Crippen LogP contribution in [0.4, 0.5) is 0 Å². The monoisotopic (exact) mass is 426 g/mol. The first-order valence-corrected chi connectivity index (χ1v) is 11.2. The van der Waals surface area contributed by atoms with Crippen LogP contribution in [0.15, 0.2) is 29.8 Å². The van der Waals surface area contributed by atoms with Gasteiger partial charge in [0, 0.05) is 48.7 Å². The number of nitrogens with one attached hydrogen (secondary N) is 1. The molecule has 0 aromatic carbocycles. The highest BCUT2D eigenvalue weighted by Crippen LogP contribution is 2.31. The Balaban J connectivity index is 1.97. The van der Waals surface area contributed by atoms with Gasteiger partial charge < -0.3 is 14.6 Å². The largest absolute Gasteiger partial charge is 0.383 e. The zero-order chi connectivity index (χ0) is 21.7. The molecule has 30 heavy (non-hydrogen) atoms. The standard InChI is InChI=1S/C23H30N4O2S/c1-6-18-11-17(7-8-24-18)23-26-20(14-30-23)21-12-19(22(28)25-13-15(2)3)16(4)27(21)9-10-29-5/h7-8,11-12,14-15H,6,9-10,13H2,1-5H3,(H,25,28). The third kappa shape index (κ3) is 4.96. The lowest BCUT2D eigenvalue weighted by Crippen LogP contribution is -2.27. The summed E-state index contributed by atoms with van der Waals surface area (Å²) in [5.41, 5.74) is 5.54. The van der Waals surface area contributed by atoms with Gasteiger partial charge in [-0.05, 0) is 37.5 Å². The molecule has 1 amide bonds. The average molecular weight is 427 g/mol. The number of aromatic nitrogens is 3. The van der Waals surface area contributed by atoms with Gasteiger partial charge in [0.25, 0.3) is 5.91 Å². The van der Waals surface area contributed by atoms with E-state index in [0.29, 0.717) is 31.2 Å². The maximum absolute atomic E-state index is 12.8. The van der Waals surface area contributed by atoms with Crippen molar-refractivity contribution in [2.75, 3.05) is 20.3 Å². The second-order valence-electron chi connectivity index (χ2n) is 7.70. The minimum atomic E-state index is -0.0456. The molecule has 0 fully saturated rings. The first-order valence-electron chi connectivity index (χ1n) is 10.3. The van der Waals surface area contributed by atoms with E-state index in [1.54, 1.807) is 18.4 Å². The van der Waals surface area contributed by atoms with E-state index in [1.807, 2.05) is 25.3 Å². The quantitative estimate of drug-likeness (QED) is 0.544. The molecule has 160 valence electrons. The van der Waals surface area contributed by atoms with Crippen LogP contribution in [0.3, 0.4) is 0 Å². The van der Waals surface area contributed by atoms with Crippen molar-refractivity contribution < 1.29 is 9.53 Å². The Morgan fingerprint density at radius 1 is 1.33 bits per heavy atom. The van der Waals surface area contributed by atoms with Gasteiger partial charge in [-0.2, -0.15) is 0 Å². The van der Waals surface area contributed by atoms with E-state index in [4.69, 9.17) is 9.72 Å². The molecule has 3 rings (SSSR count). The van der Waals surface area contributed by atoms with E-state index in [-0.39, 0.29) is 5.91 Å². The molecule has 0 radical (unpaired) electrons. The molecule has 0 aliphatic heterocycles. The van der Waals surface area contributed by atoms with Crippen LogP contribution in [0.2, 0.25) is 0 Å². The van der Waals surface area contributed by atoms with Crippen molar-refractivity contribution in [1.29, 1.82) is 0 Å². The Labute approximate surface area is 182 Å². The number of hydrogen-bond donors (Lipinski definition) is 1. The summed E-state index contributed by atoms with van der Waals surface area (Å²) >= 11 is 1.60. The van der Waals surface area contributed by atoms with Crippen LogP contribution >= 0.6 is 11.3 Å². The van der Waals surface area contributed by atoms with Gasteiger partial charge in [-0.25, -0.2) is 4.98 Å². The van der Waals surface area contributed by atoms with Gasteiger partial charge in [0.15, 0.2) is 0 Å². The van der Waals surface area contributed by atoms with Crippen LogP contribution in [0.5, 0.6) is 0 Å². The zero-order valence-corrected chi connectivity index (χ0v) is 19.2. The predicted octanol–water partition coefficient (Wildman–Crippen LogP) is 4.58. The number of methoxy groups -OCH3 is 1. The number of pyridine rings is 1. The normalized spacial score (nSPS) is 11.3. The highest BCUT2D eigenvalue weighted by atomic mass is 32.1. The molecule has 0 atom stereocenters. The molecule has 3 heterocycles. The third-order valence-electron chi connectivity index (χ3n) is 4.99. The van der Waals surface area contributed by atoms with E-state index in [9.17, 15) is 4.79 Å². The number of aryl methyl sites for hydroxylation is 1. The number of thiazole rings is 1. The highest BCUT2D eigenvalue weighted by Gasteiger charge is 2.20. The van der Waals surface area contributed by atoms with Gasteiger partial charge in [0.2, 0.25) is 0 Å². The summed E-state index contributed by atoms with van der Waals surface area (Å²) in [7, 11) is 1.68. The Kier molecular flexibility index (Phi) is 7.39. The highest BCUT2D eigenvalue weighted by molar-refractivity contribution is 7.13. The summed E-state index contributed by atoms with van der Waals surface area (Å²) in [5.74, 6) is 0.356. The molecule has 0 aliphatic carbocycles. The molecule has 0 bridgehead atoms. The van der Waals surface area contributed by atoms with Crippen molar-refractivity contribution >= 4 is 17.2 Å². The van der Waals surface area contributed by atoms with Gasteiger partial charge in [-0.15, -0.1) is 11.3 Å². The molecule has 6 nitrogen and oxygen atoms in total. The second kappa shape index (κ2) is 10.00. The minimum absolute atomic E-state index is 0.0456. The number of nitrogens with zero attached hydrogens (tertiary/aromatic N) is 3. The first kappa shape index (κ1) is 22.2. The van der Waals surface area contributed by atoms with E-state index in [0.717, 1.165) is 39.8 Å². The van der Waals surface area contributed by atoms with Crippen molar-refractivity contribution in [1.82, 2.24) is 19.9 Å². The molecule has 0 saturated carbocycles. The topological polar surface area (TPSA) is 69.0 Å². The number of rotatable bonds is 9. The van der Waals surface area contributed by atoms with E-state index in [2.05, 4.69) is 47.1 Å². The van der Waals surface area contributed by atoms with Crippen LogP contribution < -0.4 is 5.32 Å². The molecule has 0 saturated heterocycles. The fraction of sp³-hybridized carbons (Fsp3) is 0.435. The van der Waals surface area contributed by atoms with E-state index < -0.39 is 0 Å². The van der Waals surface area contributed by atoms with Crippen molar-refractivity contribution in [2.45, 2.75) is 40.7 Å². The molecule has 0 aliphatic rings. The molecule has 0 unspecified atom stereocenters. The Morgan fingerprint density at radius 2 is 2.13 bits per heavy atom. The van der Waals surface area contributed by atoms with Crippen LogP contribution in [0, 0.1) is 12.8 Å². The van der Waals surface area contributed by atoms with Crippen molar-refractivity contribution in [3.05, 3.63) is 46.7 Å². The maximum atomic E-state index is 12.8. The van der Waals surface area contributed by atoms with Gasteiger partial charge in [-0.1, -0.05) is 20.8 Å². The smallest absolute Gasteiger partial charge is 0.253 e. The van der Waals surface area contributed by atoms with Crippen LogP contribution in [-0.2, 0) is 17.7 Å². The summed E-state index contributed by atoms with van der Waals surface area (Å²) in [6, 6.07) is 6.02. The summed E-state index contributed by atoms with van der Waals surface area (Å²) in [6.45, 7) is 10.1. The molecule has 7 heteroatoms. The van der Waals surface area contributed by atoms with Gasteiger partial charge >= 0.3 is 0 Å².